The molecular formula is C12H19N3O2. The van der Waals surface area contributed by atoms with Gasteiger partial charge in [0.15, 0.2) is 0 Å². The predicted octanol–water partition coefficient (Wildman–Crippen LogP) is 0.675. The minimum absolute atomic E-state index is 0.301. The van der Waals surface area contributed by atoms with Crippen molar-refractivity contribution in [3.8, 4) is 11.6 Å². The second-order valence-electron chi connectivity index (χ2n) is 4.17. The number of methoxy groups -OCH3 is 2. The summed E-state index contributed by atoms with van der Waals surface area (Å²) in [6.45, 7) is 2.97. The lowest BCUT2D eigenvalue weighted by Gasteiger charge is -2.34. The molecule has 0 radical (unpaired) electrons. The van der Waals surface area contributed by atoms with E-state index in [1.807, 2.05) is 6.07 Å². The van der Waals surface area contributed by atoms with Crippen molar-refractivity contribution in [2.24, 2.45) is 0 Å². The number of nitrogens with one attached hydrogen (secondary N) is 1. The molecular weight excluding hydrogens is 218 g/mol. The number of aromatic nitrogens is 1. The van der Waals surface area contributed by atoms with Crippen LogP contribution < -0.4 is 14.8 Å². The Hall–Kier alpha value is -1.33. The zero-order valence-electron chi connectivity index (χ0n) is 10.6. The molecule has 2 heterocycles. The van der Waals surface area contributed by atoms with Crippen LogP contribution in [0.4, 0.5) is 0 Å². The Bertz CT molecular complexity index is 384. The van der Waals surface area contributed by atoms with Crippen molar-refractivity contribution in [1.82, 2.24) is 15.2 Å². The van der Waals surface area contributed by atoms with E-state index in [-0.39, 0.29) is 0 Å². The van der Waals surface area contributed by atoms with E-state index in [2.05, 4.69) is 22.2 Å². The number of pyridine rings is 1. The van der Waals surface area contributed by atoms with Crippen molar-refractivity contribution in [2.45, 2.75) is 6.04 Å². The third-order valence-corrected chi connectivity index (χ3v) is 3.17. The lowest BCUT2D eigenvalue weighted by atomic mass is 10.0. The number of hydrogen-bond acceptors (Lipinski definition) is 5. The Labute approximate surface area is 102 Å². The number of nitrogens with zero attached hydrogens (tertiary/aromatic N) is 2. The van der Waals surface area contributed by atoms with Gasteiger partial charge < -0.3 is 14.8 Å². The van der Waals surface area contributed by atoms with Gasteiger partial charge in [-0.25, -0.2) is 4.98 Å². The maximum Gasteiger partial charge on any atom is 0.213 e. The largest absolute Gasteiger partial charge is 0.495 e. The summed E-state index contributed by atoms with van der Waals surface area (Å²) in [5.41, 5.74) is 1.12. The van der Waals surface area contributed by atoms with Crippen molar-refractivity contribution in [2.75, 3.05) is 40.9 Å². The van der Waals surface area contributed by atoms with Gasteiger partial charge in [0.05, 0.1) is 26.5 Å². The SMILES string of the molecule is COc1cc(C2CNCCN2C)c(OC)cn1. The molecule has 1 aliphatic rings. The first-order valence-corrected chi connectivity index (χ1v) is 5.75. The van der Waals surface area contributed by atoms with E-state index >= 15 is 0 Å². The number of rotatable bonds is 3. The van der Waals surface area contributed by atoms with Crippen LogP contribution in [0.1, 0.15) is 11.6 Å². The highest BCUT2D eigenvalue weighted by molar-refractivity contribution is 5.37. The lowest BCUT2D eigenvalue weighted by Crippen LogP contribution is -2.43. The zero-order chi connectivity index (χ0) is 12.3. The molecule has 5 heteroatoms. The smallest absolute Gasteiger partial charge is 0.213 e. The quantitative estimate of drug-likeness (QED) is 0.837. The normalized spacial score (nSPS) is 21.2. The summed E-state index contributed by atoms with van der Waals surface area (Å²) in [5.74, 6) is 1.44. The molecule has 0 aliphatic carbocycles. The third-order valence-electron chi connectivity index (χ3n) is 3.17. The first-order chi connectivity index (χ1) is 8.26. The fraction of sp³-hybridized carbons (Fsp3) is 0.583. The van der Waals surface area contributed by atoms with Gasteiger partial charge in [0, 0.05) is 31.3 Å². The molecule has 1 aromatic rings. The molecule has 94 valence electrons. The Morgan fingerprint density at radius 1 is 1.41 bits per heavy atom. The lowest BCUT2D eigenvalue weighted by molar-refractivity contribution is 0.197. The summed E-state index contributed by atoms with van der Waals surface area (Å²) in [5, 5.41) is 3.39. The van der Waals surface area contributed by atoms with Crippen LogP contribution in [0.25, 0.3) is 0 Å². The van der Waals surface area contributed by atoms with Gasteiger partial charge in [-0.1, -0.05) is 0 Å². The summed E-state index contributed by atoms with van der Waals surface area (Å²) in [6, 6.07) is 2.25. The van der Waals surface area contributed by atoms with Gasteiger partial charge in [-0.3, -0.25) is 4.90 Å². The fourth-order valence-corrected chi connectivity index (χ4v) is 2.13. The van der Waals surface area contributed by atoms with Crippen LogP contribution in [-0.2, 0) is 0 Å². The number of hydrogen-bond donors (Lipinski definition) is 1. The van der Waals surface area contributed by atoms with Gasteiger partial charge in [-0.2, -0.15) is 0 Å². The molecule has 0 bridgehead atoms. The second-order valence-corrected chi connectivity index (χ2v) is 4.17. The van der Waals surface area contributed by atoms with Crippen LogP contribution in [-0.4, -0.2) is 50.8 Å². The van der Waals surface area contributed by atoms with Gasteiger partial charge in [-0.15, -0.1) is 0 Å². The Morgan fingerprint density at radius 2 is 2.24 bits per heavy atom. The maximum absolute atomic E-state index is 5.37. The first kappa shape index (κ1) is 12.1. The zero-order valence-corrected chi connectivity index (χ0v) is 10.6. The number of ether oxygens (including phenoxy) is 2. The van der Waals surface area contributed by atoms with Crippen molar-refractivity contribution < 1.29 is 9.47 Å². The molecule has 17 heavy (non-hydrogen) atoms. The van der Waals surface area contributed by atoms with E-state index < -0.39 is 0 Å². The van der Waals surface area contributed by atoms with E-state index in [0.29, 0.717) is 11.9 Å². The molecule has 0 aromatic carbocycles. The molecule has 0 saturated carbocycles. The monoisotopic (exact) mass is 237 g/mol. The molecule has 5 nitrogen and oxygen atoms in total. The number of likely N-dealkylation sites (N-methyl/N-ethyl adjacent to an activating group) is 1. The Balaban J connectivity index is 2.33. The summed E-state index contributed by atoms with van der Waals surface area (Å²) in [6.07, 6.45) is 1.72. The van der Waals surface area contributed by atoms with Gasteiger partial charge in [0.2, 0.25) is 5.88 Å². The minimum atomic E-state index is 0.301. The van der Waals surface area contributed by atoms with Gasteiger partial charge in [0.25, 0.3) is 0 Å². The van der Waals surface area contributed by atoms with Crippen LogP contribution in [0, 0.1) is 0 Å². The van der Waals surface area contributed by atoms with E-state index in [9.17, 15) is 0 Å². The second kappa shape index (κ2) is 5.33. The average Bonchev–Trinajstić information content (AvgIpc) is 2.38. The van der Waals surface area contributed by atoms with Crippen LogP contribution in [0.2, 0.25) is 0 Å². The Kier molecular flexibility index (Phi) is 3.81. The highest BCUT2D eigenvalue weighted by Crippen LogP contribution is 2.31. The summed E-state index contributed by atoms with van der Waals surface area (Å²) in [7, 11) is 5.42. The highest BCUT2D eigenvalue weighted by atomic mass is 16.5. The van der Waals surface area contributed by atoms with Crippen molar-refractivity contribution in [1.29, 1.82) is 0 Å². The summed E-state index contributed by atoms with van der Waals surface area (Å²) in [4.78, 5) is 6.48. The topological polar surface area (TPSA) is 46.6 Å². The summed E-state index contributed by atoms with van der Waals surface area (Å²) >= 11 is 0. The van der Waals surface area contributed by atoms with Crippen LogP contribution in [0.15, 0.2) is 12.3 Å². The van der Waals surface area contributed by atoms with Crippen molar-refractivity contribution >= 4 is 0 Å². The molecule has 0 amide bonds. The van der Waals surface area contributed by atoms with Gasteiger partial charge in [0.1, 0.15) is 5.75 Å². The standard InChI is InChI=1S/C12H19N3O2/c1-15-5-4-13-7-10(15)9-6-12(17-3)14-8-11(9)16-2/h6,8,10,13H,4-5,7H2,1-3H3. The molecule has 1 N–H and O–H groups in total. The van der Waals surface area contributed by atoms with Crippen molar-refractivity contribution in [3.05, 3.63) is 17.8 Å². The van der Waals surface area contributed by atoms with Gasteiger partial charge in [-0.05, 0) is 7.05 Å². The molecule has 1 atom stereocenters. The minimum Gasteiger partial charge on any atom is -0.495 e. The summed E-state index contributed by atoms with van der Waals surface area (Å²) < 4.78 is 10.5. The van der Waals surface area contributed by atoms with E-state index in [1.165, 1.54) is 0 Å². The van der Waals surface area contributed by atoms with E-state index in [4.69, 9.17) is 9.47 Å². The molecule has 1 unspecified atom stereocenters. The third kappa shape index (κ3) is 2.50. The first-order valence-electron chi connectivity index (χ1n) is 5.75. The van der Waals surface area contributed by atoms with Crippen LogP contribution in [0.3, 0.4) is 0 Å². The van der Waals surface area contributed by atoms with E-state index in [1.54, 1.807) is 20.4 Å². The number of piperazine rings is 1. The Morgan fingerprint density at radius 3 is 2.88 bits per heavy atom. The fourth-order valence-electron chi connectivity index (χ4n) is 2.13. The molecule has 1 saturated heterocycles. The average molecular weight is 237 g/mol. The molecule has 1 aliphatic heterocycles. The van der Waals surface area contributed by atoms with Crippen LogP contribution in [0.5, 0.6) is 11.6 Å². The highest BCUT2D eigenvalue weighted by Gasteiger charge is 2.24. The van der Waals surface area contributed by atoms with Crippen LogP contribution >= 0.6 is 0 Å². The van der Waals surface area contributed by atoms with E-state index in [0.717, 1.165) is 30.9 Å². The maximum atomic E-state index is 5.37. The molecule has 2 rings (SSSR count). The van der Waals surface area contributed by atoms with Gasteiger partial charge >= 0.3 is 0 Å². The van der Waals surface area contributed by atoms with Crippen molar-refractivity contribution in [3.63, 3.8) is 0 Å². The predicted molar refractivity (Wildman–Crippen MR) is 65.6 cm³/mol. The molecule has 1 fully saturated rings. The molecule has 0 spiro atoms. The molecule has 1 aromatic heterocycles.